The number of hydrogen-bond donors (Lipinski definition) is 1. The van der Waals surface area contributed by atoms with Crippen molar-refractivity contribution in [2.24, 2.45) is 5.92 Å². The lowest BCUT2D eigenvalue weighted by Crippen LogP contribution is -2.33. The van der Waals surface area contributed by atoms with Crippen LogP contribution in [-0.2, 0) is 16.1 Å². The Balaban J connectivity index is 1.53. The Kier molecular flexibility index (Phi) is 7.09. The smallest absolute Gasteiger partial charge is 0.343 e. The van der Waals surface area contributed by atoms with Crippen molar-refractivity contribution >= 4 is 23.5 Å². The number of ether oxygens (including phenoxy) is 1. The van der Waals surface area contributed by atoms with E-state index in [1.54, 1.807) is 11.6 Å². The van der Waals surface area contributed by atoms with Crippen molar-refractivity contribution in [2.45, 2.75) is 45.6 Å². The second-order valence-corrected chi connectivity index (χ2v) is 7.64. The van der Waals surface area contributed by atoms with E-state index in [9.17, 15) is 9.59 Å². The van der Waals surface area contributed by atoms with Gasteiger partial charge in [-0.15, -0.1) is 0 Å². The van der Waals surface area contributed by atoms with E-state index in [1.165, 1.54) is 19.3 Å². The molecule has 1 amide bonds. The number of nitrogens with one attached hydrogen (secondary N) is 1. The number of aryl methyl sites for hydroxylation is 1. The highest BCUT2D eigenvalue weighted by molar-refractivity contribution is 6.32. The maximum atomic E-state index is 12.4. The summed E-state index contributed by atoms with van der Waals surface area (Å²) in [7, 11) is 0. The van der Waals surface area contributed by atoms with Crippen LogP contribution in [0.25, 0.3) is 0 Å². The third-order valence-corrected chi connectivity index (χ3v) is 5.48. The van der Waals surface area contributed by atoms with E-state index in [2.05, 4.69) is 10.4 Å². The third-order valence-electron chi connectivity index (χ3n) is 5.09. The molecule has 0 saturated heterocycles. The zero-order valence-corrected chi connectivity index (χ0v) is 16.9. The fourth-order valence-corrected chi connectivity index (χ4v) is 3.86. The van der Waals surface area contributed by atoms with Crippen LogP contribution >= 0.6 is 11.6 Å². The second-order valence-electron chi connectivity index (χ2n) is 7.28. The minimum Gasteiger partial charge on any atom is -0.452 e. The zero-order valence-electron chi connectivity index (χ0n) is 16.1. The van der Waals surface area contributed by atoms with Gasteiger partial charge in [0.15, 0.2) is 6.61 Å². The molecule has 1 aromatic carbocycles. The molecule has 0 spiro atoms. The largest absolute Gasteiger partial charge is 0.452 e. The first-order valence-electron chi connectivity index (χ1n) is 9.75. The van der Waals surface area contributed by atoms with Crippen molar-refractivity contribution in [2.75, 3.05) is 13.2 Å². The molecule has 1 heterocycles. The summed E-state index contributed by atoms with van der Waals surface area (Å²) in [5, 5.41) is 7.41. The highest BCUT2D eigenvalue weighted by atomic mass is 35.5. The predicted octanol–water partition coefficient (Wildman–Crippen LogP) is 3.75. The number of esters is 1. The van der Waals surface area contributed by atoms with Crippen LogP contribution in [0.15, 0.2) is 30.3 Å². The molecule has 0 atom stereocenters. The van der Waals surface area contributed by atoms with Crippen LogP contribution < -0.4 is 5.32 Å². The fourth-order valence-electron chi connectivity index (χ4n) is 3.55. The van der Waals surface area contributed by atoms with Crippen molar-refractivity contribution in [3.8, 4) is 0 Å². The first-order valence-corrected chi connectivity index (χ1v) is 10.1. The van der Waals surface area contributed by atoms with E-state index in [-0.39, 0.29) is 23.2 Å². The average Bonchev–Trinajstić information content (AvgIpc) is 2.99. The van der Waals surface area contributed by atoms with E-state index in [0.29, 0.717) is 24.7 Å². The van der Waals surface area contributed by atoms with E-state index in [0.717, 1.165) is 18.4 Å². The average molecular weight is 404 g/mol. The number of aromatic nitrogens is 2. The third kappa shape index (κ3) is 5.35. The molecule has 1 aliphatic rings. The van der Waals surface area contributed by atoms with E-state index < -0.39 is 5.97 Å². The minimum absolute atomic E-state index is 0.206. The van der Waals surface area contributed by atoms with Crippen LogP contribution in [0.1, 0.15) is 53.7 Å². The van der Waals surface area contributed by atoms with Gasteiger partial charge in [0.05, 0.1) is 12.2 Å². The molecule has 1 fully saturated rings. The first kappa shape index (κ1) is 20.4. The molecule has 1 aliphatic carbocycles. The lowest BCUT2D eigenvalue weighted by atomic mass is 9.89. The summed E-state index contributed by atoms with van der Waals surface area (Å²) in [6.07, 6.45) is 6.02. The molecule has 6 nitrogen and oxygen atoms in total. The molecule has 2 aromatic rings. The Bertz CT molecular complexity index is 814. The molecule has 1 saturated carbocycles. The number of amides is 1. The Hall–Kier alpha value is -2.34. The van der Waals surface area contributed by atoms with Crippen LogP contribution in [0.4, 0.5) is 0 Å². The van der Waals surface area contributed by atoms with Gasteiger partial charge in [-0.05, 0) is 31.2 Å². The minimum atomic E-state index is -0.630. The quantitative estimate of drug-likeness (QED) is 0.714. The number of nitrogens with zero attached hydrogens (tertiary/aromatic N) is 2. The first-order chi connectivity index (χ1) is 13.5. The number of carbonyl (C=O) groups excluding carboxylic acids is 2. The fraction of sp³-hybridized carbons (Fsp3) is 0.476. The van der Waals surface area contributed by atoms with Crippen LogP contribution in [0.5, 0.6) is 0 Å². The number of carbonyl (C=O) groups is 2. The molecule has 150 valence electrons. The van der Waals surface area contributed by atoms with Crippen molar-refractivity contribution in [1.82, 2.24) is 15.1 Å². The topological polar surface area (TPSA) is 73.2 Å². The number of halogens is 1. The van der Waals surface area contributed by atoms with Gasteiger partial charge >= 0.3 is 5.97 Å². The molecule has 0 aliphatic heterocycles. The summed E-state index contributed by atoms with van der Waals surface area (Å²) in [6.45, 7) is 2.49. The number of rotatable bonds is 7. The van der Waals surface area contributed by atoms with E-state index in [4.69, 9.17) is 16.3 Å². The summed E-state index contributed by atoms with van der Waals surface area (Å²) >= 11 is 6.35. The SMILES string of the molecule is Cc1nn(Cc2ccccc2)c(Cl)c1C(=O)OCC(=O)NCC1CCCCC1. The number of benzene rings is 1. The summed E-state index contributed by atoms with van der Waals surface area (Å²) in [4.78, 5) is 24.4. The van der Waals surface area contributed by atoms with Gasteiger partial charge < -0.3 is 10.1 Å². The molecular formula is C21H26ClN3O3. The van der Waals surface area contributed by atoms with E-state index in [1.807, 2.05) is 30.3 Å². The van der Waals surface area contributed by atoms with Gasteiger partial charge in [0.2, 0.25) is 0 Å². The van der Waals surface area contributed by atoms with Crippen LogP contribution in [0, 0.1) is 12.8 Å². The molecule has 0 bridgehead atoms. The van der Waals surface area contributed by atoms with Crippen molar-refractivity contribution < 1.29 is 14.3 Å². The monoisotopic (exact) mass is 403 g/mol. The highest BCUT2D eigenvalue weighted by Gasteiger charge is 2.23. The lowest BCUT2D eigenvalue weighted by molar-refractivity contribution is -0.124. The van der Waals surface area contributed by atoms with Gasteiger partial charge in [-0.2, -0.15) is 5.10 Å². The highest BCUT2D eigenvalue weighted by Crippen LogP contribution is 2.23. The summed E-state index contributed by atoms with van der Waals surface area (Å²) in [5.41, 5.74) is 1.71. The molecule has 1 aromatic heterocycles. The van der Waals surface area contributed by atoms with Crippen molar-refractivity contribution in [3.63, 3.8) is 0 Å². The van der Waals surface area contributed by atoms with Crippen molar-refractivity contribution in [3.05, 3.63) is 52.3 Å². The predicted molar refractivity (Wildman–Crippen MR) is 107 cm³/mol. The van der Waals surface area contributed by atoms with Gasteiger partial charge in [-0.3, -0.25) is 4.79 Å². The van der Waals surface area contributed by atoms with E-state index >= 15 is 0 Å². The molecule has 28 heavy (non-hydrogen) atoms. The standard InChI is InChI=1S/C21H26ClN3O3/c1-15-19(20(22)25(24-15)13-17-10-6-3-7-11-17)21(27)28-14-18(26)23-12-16-8-4-2-5-9-16/h3,6-7,10-11,16H,2,4-5,8-9,12-14H2,1H3,(H,23,26). The Morgan fingerprint density at radius 3 is 2.64 bits per heavy atom. The van der Waals surface area contributed by atoms with Crippen molar-refractivity contribution in [1.29, 1.82) is 0 Å². The second kappa shape index (κ2) is 9.73. The lowest BCUT2D eigenvalue weighted by Gasteiger charge is -2.21. The summed E-state index contributed by atoms with van der Waals surface area (Å²) < 4.78 is 6.73. The Morgan fingerprint density at radius 1 is 1.21 bits per heavy atom. The molecule has 0 unspecified atom stereocenters. The Morgan fingerprint density at radius 2 is 1.93 bits per heavy atom. The molecule has 1 N–H and O–H groups in total. The summed E-state index contributed by atoms with van der Waals surface area (Å²) in [6, 6.07) is 9.72. The zero-order chi connectivity index (χ0) is 19.9. The maximum Gasteiger partial charge on any atom is 0.343 e. The Labute approximate surface area is 170 Å². The van der Waals surface area contributed by atoms with Crippen LogP contribution in [0.2, 0.25) is 5.15 Å². The summed E-state index contributed by atoms with van der Waals surface area (Å²) in [5.74, 6) is -0.389. The van der Waals surface area contributed by atoms with Gasteiger partial charge in [0.1, 0.15) is 10.7 Å². The van der Waals surface area contributed by atoms with Gasteiger partial charge in [-0.1, -0.05) is 61.2 Å². The van der Waals surface area contributed by atoms with Gasteiger partial charge in [-0.25, -0.2) is 9.48 Å². The van der Waals surface area contributed by atoms with Gasteiger partial charge in [0, 0.05) is 6.54 Å². The number of hydrogen-bond acceptors (Lipinski definition) is 4. The van der Waals surface area contributed by atoms with Crippen LogP contribution in [0.3, 0.4) is 0 Å². The molecule has 7 heteroatoms. The maximum absolute atomic E-state index is 12.4. The molecule has 0 radical (unpaired) electrons. The molecule has 3 rings (SSSR count). The normalized spacial score (nSPS) is 14.6. The molecular weight excluding hydrogens is 378 g/mol. The van der Waals surface area contributed by atoms with Gasteiger partial charge in [0.25, 0.3) is 5.91 Å². The van der Waals surface area contributed by atoms with Crippen LogP contribution in [-0.4, -0.2) is 34.8 Å².